The summed E-state index contributed by atoms with van der Waals surface area (Å²) in [4.78, 5) is 12.0. The number of nitro groups is 1. The molecule has 2 rings (SSSR count). The first-order valence-electron chi connectivity index (χ1n) is 5.12. The highest BCUT2D eigenvalue weighted by Crippen LogP contribution is 2.30. The van der Waals surface area contributed by atoms with Crippen LogP contribution in [0.4, 0.5) is 5.69 Å². The molecule has 0 aliphatic carbocycles. The van der Waals surface area contributed by atoms with E-state index in [0.717, 1.165) is 17.5 Å². The van der Waals surface area contributed by atoms with Crippen LogP contribution in [0.3, 0.4) is 0 Å². The van der Waals surface area contributed by atoms with Gasteiger partial charge in [-0.25, -0.2) is 0 Å². The second-order valence-corrected chi connectivity index (χ2v) is 3.48. The zero-order valence-electron chi connectivity index (χ0n) is 8.96. The van der Waals surface area contributed by atoms with E-state index in [0.29, 0.717) is 12.2 Å². The maximum atomic E-state index is 10.5. The highest BCUT2D eigenvalue weighted by Gasteiger charge is 2.17. The predicted molar refractivity (Wildman–Crippen MR) is 63.6 cm³/mol. The molecule has 0 saturated heterocycles. The van der Waals surface area contributed by atoms with E-state index in [1.807, 2.05) is 42.2 Å². The Bertz CT molecular complexity index is 478. The smallest absolute Gasteiger partial charge is 0.257 e. The lowest BCUT2D eigenvalue weighted by molar-refractivity contribution is -0.403. The Balaban J connectivity index is 2.48. The highest BCUT2D eigenvalue weighted by atomic mass is 16.6. The van der Waals surface area contributed by atoms with Crippen LogP contribution in [0.2, 0.25) is 0 Å². The van der Waals surface area contributed by atoms with Crippen LogP contribution in [0, 0.1) is 10.1 Å². The summed E-state index contributed by atoms with van der Waals surface area (Å²) in [6, 6.07) is 7.86. The van der Waals surface area contributed by atoms with Crippen LogP contribution in [0.15, 0.2) is 42.2 Å². The van der Waals surface area contributed by atoms with E-state index < -0.39 is 4.92 Å². The Morgan fingerprint density at radius 2 is 2.12 bits per heavy atom. The number of likely N-dealkylation sites (N-methyl/N-ethyl adjacent to an activating group) is 1. The number of anilines is 1. The summed E-state index contributed by atoms with van der Waals surface area (Å²) in [5, 5.41) is 10.5. The minimum absolute atomic E-state index is 0.420. The zero-order chi connectivity index (χ0) is 11.5. The predicted octanol–water partition coefficient (Wildman–Crippen LogP) is 2.66. The number of hydrogen-bond donors (Lipinski definition) is 0. The normalized spacial score (nSPS) is 16.3. The van der Waals surface area contributed by atoms with Crippen molar-refractivity contribution in [2.24, 2.45) is 0 Å². The molecule has 0 bridgehead atoms. The van der Waals surface area contributed by atoms with Gasteiger partial charge in [0.05, 0.1) is 4.92 Å². The number of hydrogen-bond acceptors (Lipinski definition) is 3. The molecule has 0 atom stereocenters. The largest absolute Gasteiger partial charge is 0.336 e. The second-order valence-electron chi connectivity index (χ2n) is 3.48. The fourth-order valence-electron chi connectivity index (χ4n) is 1.85. The Labute approximate surface area is 93.6 Å². The third-order valence-corrected chi connectivity index (χ3v) is 2.53. The van der Waals surface area contributed by atoms with Crippen LogP contribution in [0.25, 0.3) is 6.08 Å². The third-order valence-electron chi connectivity index (χ3n) is 2.53. The molecule has 0 N–H and O–H groups in total. The summed E-state index contributed by atoms with van der Waals surface area (Å²) >= 11 is 0. The first-order chi connectivity index (χ1) is 7.72. The van der Waals surface area contributed by atoms with Gasteiger partial charge in [0, 0.05) is 12.2 Å². The molecule has 0 aromatic heterocycles. The third kappa shape index (κ3) is 1.82. The van der Waals surface area contributed by atoms with Gasteiger partial charge in [0.25, 0.3) is 6.20 Å². The molecule has 0 fully saturated rings. The second kappa shape index (κ2) is 4.18. The molecule has 4 nitrogen and oxygen atoms in total. The summed E-state index contributed by atoms with van der Waals surface area (Å²) in [7, 11) is 0. The molecule has 0 amide bonds. The van der Waals surface area contributed by atoms with Gasteiger partial charge in [-0.15, -0.1) is 0 Å². The van der Waals surface area contributed by atoms with E-state index in [9.17, 15) is 10.1 Å². The summed E-state index contributed by atoms with van der Waals surface area (Å²) < 4.78 is 0. The summed E-state index contributed by atoms with van der Waals surface area (Å²) in [5.41, 5.74) is 2.72. The van der Waals surface area contributed by atoms with Gasteiger partial charge in [-0.05, 0) is 24.6 Å². The van der Waals surface area contributed by atoms with Gasteiger partial charge >= 0.3 is 0 Å². The first-order valence-corrected chi connectivity index (χ1v) is 5.12. The van der Waals surface area contributed by atoms with Gasteiger partial charge in [-0.2, -0.15) is 0 Å². The molecule has 0 saturated carbocycles. The van der Waals surface area contributed by atoms with Crippen molar-refractivity contribution >= 4 is 11.8 Å². The maximum absolute atomic E-state index is 10.5. The average molecular weight is 216 g/mol. The molecule has 0 spiro atoms. The van der Waals surface area contributed by atoms with E-state index >= 15 is 0 Å². The molecule has 0 unspecified atom stereocenters. The van der Waals surface area contributed by atoms with Crippen molar-refractivity contribution in [1.82, 2.24) is 0 Å². The number of fused-ring (bicyclic) bond motifs is 1. The number of rotatable bonds is 2. The lowest BCUT2D eigenvalue weighted by atomic mass is 10.1. The SMILES string of the molecule is CCN1/C(=C/[N+](=O)[O-])C=Cc2ccccc21. The highest BCUT2D eigenvalue weighted by molar-refractivity contribution is 5.76. The van der Waals surface area contributed by atoms with Crippen LogP contribution < -0.4 is 4.90 Å². The van der Waals surface area contributed by atoms with E-state index in [4.69, 9.17) is 0 Å². The number of benzene rings is 1. The Morgan fingerprint density at radius 3 is 2.81 bits per heavy atom. The monoisotopic (exact) mass is 216 g/mol. The molecule has 82 valence electrons. The summed E-state index contributed by atoms with van der Waals surface area (Å²) in [5.74, 6) is 0. The van der Waals surface area contributed by atoms with E-state index in [1.165, 1.54) is 0 Å². The van der Waals surface area contributed by atoms with Gasteiger partial charge in [-0.3, -0.25) is 10.1 Å². The maximum Gasteiger partial charge on any atom is 0.257 e. The van der Waals surface area contributed by atoms with E-state index in [1.54, 1.807) is 6.08 Å². The standard InChI is InChI=1S/C12H12N2O2/c1-2-13-11(9-14(15)16)8-7-10-5-3-4-6-12(10)13/h3-9H,2H2,1H3/b11-9+. The molecular formula is C12H12N2O2. The van der Waals surface area contributed by atoms with Crippen LogP contribution >= 0.6 is 0 Å². The molecule has 1 aromatic carbocycles. The summed E-state index contributed by atoms with van der Waals surface area (Å²) in [6.45, 7) is 2.69. The van der Waals surface area contributed by atoms with Crippen LogP contribution in [-0.2, 0) is 0 Å². The van der Waals surface area contributed by atoms with E-state index in [-0.39, 0.29) is 0 Å². The fraction of sp³-hybridized carbons (Fsp3) is 0.167. The first kappa shape index (κ1) is 10.4. The molecule has 0 radical (unpaired) electrons. The van der Waals surface area contributed by atoms with Crippen molar-refractivity contribution in [1.29, 1.82) is 0 Å². The minimum atomic E-state index is -0.420. The van der Waals surface area contributed by atoms with Crippen molar-refractivity contribution in [2.45, 2.75) is 6.92 Å². The topological polar surface area (TPSA) is 46.4 Å². The molecule has 1 heterocycles. The van der Waals surface area contributed by atoms with Crippen LogP contribution in [-0.4, -0.2) is 11.5 Å². The van der Waals surface area contributed by atoms with Gasteiger partial charge in [0.15, 0.2) is 0 Å². The lowest BCUT2D eigenvalue weighted by Crippen LogP contribution is -2.24. The van der Waals surface area contributed by atoms with Gasteiger partial charge < -0.3 is 4.90 Å². The quantitative estimate of drug-likeness (QED) is 0.564. The Hall–Kier alpha value is -2.10. The van der Waals surface area contributed by atoms with Crippen LogP contribution in [0.5, 0.6) is 0 Å². The van der Waals surface area contributed by atoms with Gasteiger partial charge in [0.1, 0.15) is 5.70 Å². The molecule has 1 aliphatic heterocycles. The Morgan fingerprint density at radius 1 is 1.38 bits per heavy atom. The fourth-order valence-corrected chi connectivity index (χ4v) is 1.85. The molecular weight excluding hydrogens is 204 g/mol. The van der Waals surface area contributed by atoms with Crippen molar-refractivity contribution in [3.63, 3.8) is 0 Å². The van der Waals surface area contributed by atoms with Crippen molar-refractivity contribution in [3.05, 3.63) is 57.9 Å². The van der Waals surface area contributed by atoms with Crippen LogP contribution in [0.1, 0.15) is 12.5 Å². The summed E-state index contributed by atoms with van der Waals surface area (Å²) in [6.07, 6.45) is 4.71. The van der Waals surface area contributed by atoms with Gasteiger partial charge in [-0.1, -0.05) is 24.3 Å². The van der Waals surface area contributed by atoms with Gasteiger partial charge in [0.2, 0.25) is 0 Å². The zero-order valence-corrected chi connectivity index (χ0v) is 8.96. The number of allylic oxidation sites excluding steroid dienone is 1. The lowest BCUT2D eigenvalue weighted by Gasteiger charge is -2.27. The molecule has 1 aliphatic rings. The van der Waals surface area contributed by atoms with E-state index in [2.05, 4.69) is 0 Å². The average Bonchev–Trinajstić information content (AvgIpc) is 2.28. The van der Waals surface area contributed by atoms with Crippen molar-refractivity contribution in [2.75, 3.05) is 11.4 Å². The van der Waals surface area contributed by atoms with Crippen molar-refractivity contribution < 1.29 is 4.92 Å². The molecule has 16 heavy (non-hydrogen) atoms. The Kier molecular flexibility index (Phi) is 2.72. The minimum Gasteiger partial charge on any atom is -0.336 e. The number of nitrogens with zero attached hydrogens (tertiary/aromatic N) is 2. The molecule has 4 heteroatoms. The van der Waals surface area contributed by atoms with Crippen molar-refractivity contribution in [3.8, 4) is 0 Å². The number of para-hydroxylation sites is 1. The molecule has 1 aromatic rings.